The molecule has 0 bridgehead atoms. The van der Waals surface area contributed by atoms with Crippen LogP contribution in [0.4, 0.5) is 0 Å². The van der Waals surface area contributed by atoms with Crippen LogP contribution in [0.3, 0.4) is 0 Å². The number of rotatable bonds is 3. The van der Waals surface area contributed by atoms with E-state index < -0.39 is 0 Å². The number of hydrogen-bond acceptors (Lipinski definition) is 1. The lowest BCUT2D eigenvalue weighted by Gasteiger charge is -2.20. The van der Waals surface area contributed by atoms with E-state index in [1.807, 2.05) is 18.2 Å². The van der Waals surface area contributed by atoms with E-state index in [2.05, 4.69) is 50.2 Å². The average Bonchev–Trinajstić information content (AvgIpc) is 2.59. The summed E-state index contributed by atoms with van der Waals surface area (Å²) in [5, 5.41) is 0.744. The van der Waals surface area contributed by atoms with Gasteiger partial charge in [0.1, 0.15) is 6.10 Å². The molecule has 1 unspecified atom stereocenters. The quantitative estimate of drug-likeness (QED) is 0.710. The van der Waals surface area contributed by atoms with Crippen LogP contribution in [0.1, 0.15) is 31.1 Å². The van der Waals surface area contributed by atoms with Gasteiger partial charge in [-0.3, -0.25) is 0 Å². The lowest BCUT2D eigenvalue weighted by molar-refractivity contribution is 0.0630. The highest BCUT2D eigenvalue weighted by Gasteiger charge is 2.24. The zero-order valence-electron chi connectivity index (χ0n) is 12.3. The molecule has 3 rings (SSSR count). The SMILES string of the molecule is CC(C)COC1C(Cl)=Cc2ccccc2-c2ccccc21. The van der Waals surface area contributed by atoms with Gasteiger partial charge in [0.2, 0.25) is 0 Å². The molecule has 2 aromatic carbocycles. The number of halogens is 1. The molecular weight excluding hydrogens is 280 g/mol. The standard InChI is InChI=1S/C19H19ClO/c1-13(2)12-21-19-17-10-6-5-9-16(17)15-8-4-3-7-14(15)11-18(19)20/h3-11,13,19H,12H2,1-2H3. The fraction of sp³-hybridized carbons (Fsp3) is 0.263. The Hall–Kier alpha value is -1.57. The second-order valence-corrected chi connectivity index (χ2v) is 6.25. The van der Waals surface area contributed by atoms with Crippen molar-refractivity contribution in [1.82, 2.24) is 0 Å². The molecule has 0 heterocycles. The third kappa shape index (κ3) is 2.90. The summed E-state index contributed by atoms with van der Waals surface area (Å²) in [5.41, 5.74) is 4.70. The highest BCUT2D eigenvalue weighted by Crippen LogP contribution is 2.41. The molecule has 2 heteroatoms. The highest BCUT2D eigenvalue weighted by atomic mass is 35.5. The molecule has 1 aliphatic carbocycles. The largest absolute Gasteiger partial charge is 0.368 e. The lowest BCUT2D eigenvalue weighted by atomic mass is 9.96. The highest BCUT2D eigenvalue weighted by molar-refractivity contribution is 6.32. The zero-order chi connectivity index (χ0) is 14.8. The lowest BCUT2D eigenvalue weighted by Crippen LogP contribution is -2.10. The van der Waals surface area contributed by atoms with Crippen molar-refractivity contribution in [2.45, 2.75) is 20.0 Å². The number of ether oxygens (including phenoxy) is 1. The molecule has 0 saturated carbocycles. The second kappa shape index (κ2) is 6.05. The Balaban J connectivity index is 2.13. The first kappa shape index (κ1) is 14.4. The molecule has 0 spiro atoms. The maximum Gasteiger partial charge on any atom is 0.119 e. The smallest absolute Gasteiger partial charge is 0.119 e. The van der Waals surface area contributed by atoms with Crippen LogP contribution < -0.4 is 0 Å². The van der Waals surface area contributed by atoms with Crippen molar-refractivity contribution in [1.29, 1.82) is 0 Å². The van der Waals surface area contributed by atoms with Crippen LogP contribution in [0.2, 0.25) is 0 Å². The molecule has 0 aliphatic heterocycles. The van der Waals surface area contributed by atoms with Crippen LogP contribution in [0.25, 0.3) is 17.2 Å². The fourth-order valence-corrected chi connectivity index (χ4v) is 2.97. The molecule has 1 aliphatic rings. The molecule has 1 atom stereocenters. The Kier molecular flexibility index (Phi) is 4.14. The van der Waals surface area contributed by atoms with Crippen molar-refractivity contribution in [3.8, 4) is 11.1 Å². The van der Waals surface area contributed by atoms with E-state index in [1.54, 1.807) is 0 Å². The van der Waals surface area contributed by atoms with Gasteiger partial charge in [0.05, 0.1) is 11.6 Å². The van der Waals surface area contributed by atoms with Gasteiger partial charge >= 0.3 is 0 Å². The molecule has 108 valence electrons. The van der Waals surface area contributed by atoms with Gasteiger partial charge in [-0.25, -0.2) is 0 Å². The summed E-state index contributed by atoms with van der Waals surface area (Å²) >= 11 is 6.56. The van der Waals surface area contributed by atoms with E-state index in [0.29, 0.717) is 12.5 Å². The van der Waals surface area contributed by atoms with Crippen molar-refractivity contribution in [2.75, 3.05) is 6.61 Å². The number of benzene rings is 2. The van der Waals surface area contributed by atoms with E-state index >= 15 is 0 Å². The summed E-state index contributed by atoms with van der Waals surface area (Å²) in [7, 11) is 0. The zero-order valence-corrected chi connectivity index (χ0v) is 13.1. The van der Waals surface area contributed by atoms with Gasteiger partial charge in [0, 0.05) is 0 Å². The Bertz CT molecular complexity index is 673. The average molecular weight is 299 g/mol. The third-order valence-electron chi connectivity index (χ3n) is 3.63. The van der Waals surface area contributed by atoms with Gasteiger partial charge < -0.3 is 4.74 Å². The van der Waals surface area contributed by atoms with Gasteiger partial charge in [-0.1, -0.05) is 74.0 Å². The Morgan fingerprint density at radius 3 is 2.43 bits per heavy atom. The van der Waals surface area contributed by atoms with Gasteiger partial charge in [-0.05, 0) is 34.2 Å². The van der Waals surface area contributed by atoms with Gasteiger partial charge in [-0.2, -0.15) is 0 Å². The number of fused-ring (bicyclic) bond motifs is 3. The van der Waals surface area contributed by atoms with Crippen LogP contribution in [0.15, 0.2) is 53.6 Å². The predicted octanol–water partition coefficient (Wildman–Crippen LogP) is 5.66. The van der Waals surface area contributed by atoms with Gasteiger partial charge in [-0.15, -0.1) is 0 Å². The summed E-state index contributed by atoms with van der Waals surface area (Å²) in [6, 6.07) is 16.7. The van der Waals surface area contributed by atoms with Crippen molar-refractivity contribution in [3.63, 3.8) is 0 Å². The van der Waals surface area contributed by atoms with E-state index in [4.69, 9.17) is 16.3 Å². The molecule has 0 aromatic heterocycles. The summed E-state index contributed by atoms with van der Waals surface area (Å²) in [5.74, 6) is 0.479. The minimum absolute atomic E-state index is 0.183. The molecule has 0 radical (unpaired) electrons. The maximum absolute atomic E-state index is 6.56. The minimum atomic E-state index is -0.183. The van der Waals surface area contributed by atoms with Crippen LogP contribution in [0, 0.1) is 5.92 Å². The molecule has 0 fully saturated rings. The first-order valence-corrected chi connectivity index (χ1v) is 7.71. The van der Waals surface area contributed by atoms with Crippen LogP contribution in [-0.2, 0) is 4.74 Å². The minimum Gasteiger partial charge on any atom is -0.368 e. The van der Waals surface area contributed by atoms with Crippen molar-refractivity contribution in [3.05, 3.63) is 64.7 Å². The Morgan fingerprint density at radius 2 is 1.67 bits per heavy atom. The molecule has 0 saturated heterocycles. The summed E-state index contributed by atoms with van der Waals surface area (Å²) in [4.78, 5) is 0. The summed E-state index contributed by atoms with van der Waals surface area (Å²) in [6.07, 6.45) is 1.85. The van der Waals surface area contributed by atoms with Crippen LogP contribution >= 0.6 is 11.6 Å². The molecule has 1 nitrogen and oxygen atoms in total. The number of hydrogen-bond donors (Lipinski definition) is 0. The molecule has 2 aromatic rings. The van der Waals surface area contributed by atoms with E-state index in [9.17, 15) is 0 Å². The fourth-order valence-electron chi connectivity index (χ4n) is 2.67. The third-order valence-corrected chi connectivity index (χ3v) is 3.94. The van der Waals surface area contributed by atoms with Crippen LogP contribution in [0.5, 0.6) is 0 Å². The van der Waals surface area contributed by atoms with Crippen molar-refractivity contribution >= 4 is 17.7 Å². The Labute approximate surface area is 131 Å². The van der Waals surface area contributed by atoms with Crippen molar-refractivity contribution < 1.29 is 4.74 Å². The first-order valence-electron chi connectivity index (χ1n) is 7.34. The monoisotopic (exact) mass is 298 g/mol. The first-order chi connectivity index (χ1) is 10.2. The maximum atomic E-state index is 6.56. The van der Waals surface area contributed by atoms with E-state index in [-0.39, 0.29) is 6.10 Å². The van der Waals surface area contributed by atoms with E-state index in [1.165, 1.54) is 11.1 Å². The molecule has 0 N–H and O–H groups in total. The van der Waals surface area contributed by atoms with Gasteiger partial charge in [0.15, 0.2) is 0 Å². The van der Waals surface area contributed by atoms with Crippen LogP contribution in [-0.4, -0.2) is 6.61 Å². The predicted molar refractivity (Wildman–Crippen MR) is 89.2 cm³/mol. The normalized spacial score (nSPS) is 17.0. The second-order valence-electron chi connectivity index (χ2n) is 5.81. The van der Waals surface area contributed by atoms with E-state index in [0.717, 1.165) is 16.2 Å². The topological polar surface area (TPSA) is 9.23 Å². The van der Waals surface area contributed by atoms with Crippen molar-refractivity contribution in [2.24, 2.45) is 5.92 Å². The molecule has 21 heavy (non-hydrogen) atoms. The van der Waals surface area contributed by atoms with Gasteiger partial charge in [0.25, 0.3) is 0 Å². The summed E-state index contributed by atoms with van der Waals surface area (Å²) < 4.78 is 6.09. The summed E-state index contributed by atoms with van der Waals surface area (Å²) in [6.45, 7) is 4.99. The molecular formula is C19H19ClO. The Morgan fingerprint density at radius 1 is 1.00 bits per heavy atom. The molecule has 0 amide bonds.